The fourth-order valence-electron chi connectivity index (χ4n) is 3.48. The highest BCUT2D eigenvalue weighted by molar-refractivity contribution is 5.91. The van der Waals surface area contributed by atoms with Crippen LogP contribution in [0.2, 0.25) is 0 Å². The standard InChI is InChI=1S/C17H22N6O2.C2HF3O2/c1-21-8-10-22(11-9-21)16-13-3-6-23(7-4-14(13)18-12-19-16)17(24)15-2-5-20-25-15;3-2(4,5)1(6)7/h2,5,12H,3-4,6-11H2,1H3;(H,6,7). The molecule has 0 spiro atoms. The van der Waals surface area contributed by atoms with E-state index in [1.807, 2.05) is 4.90 Å². The number of carbonyl (C=O) groups is 2. The van der Waals surface area contributed by atoms with Crippen molar-refractivity contribution in [3.05, 3.63) is 35.6 Å². The lowest BCUT2D eigenvalue weighted by atomic mass is 10.1. The Labute approximate surface area is 181 Å². The summed E-state index contributed by atoms with van der Waals surface area (Å²) in [5, 5.41) is 10.8. The molecule has 1 fully saturated rings. The number of piperazine rings is 1. The minimum absolute atomic E-state index is 0.112. The van der Waals surface area contributed by atoms with Crippen LogP contribution in [0.15, 0.2) is 23.1 Å². The number of aliphatic carboxylic acids is 1. The molecule has 1 saturated heterocycles. The zero-order valence-corrected chi connectivity index (χ0v) is 17.4. The molecule has 2 aromatic rings. The first-order valence-electron chi connectivity index (χ1n) is 9.93. The molecule has 0 unspecified atom stereocenters. The number of carbonyl (C=O) groups excluding carboxylic acids is 1. The van der Waals surface area contributed by atoms with Crippen LogP contribution in [0.5, 0.6) is 0 Å². The smallest absolute Gasteiger partial charge is 0.475 e. The van der Waals surface area contributed by atoms with E-state index in [-0.39, 0.29) is 11.7 Å². The van der Waals surface area contributed by atoms with Gasteiger partial charge in [0.25, 0.3) is 5.91 Å². The van der Waals surface area contributed by atoms with Crippen molar-refractivity contribution in [3.63, 3.8) is 0 Å². The zero-order valence-electron chi connectivity index (χ0n) is 17.4. The second kappa shape index (κ2) is 9.94. The topological polar surface area (TPSA) is 116 Å². The number of alkyl halides is 3. The fourth-order valence-corrected chi connectivity index (χ4v) is 3.48. The van der Waals surface area contributed by atoms with Gasteiger partial charge < -0.3 is 24.3 Å². The number of carboxylic acids is 1. The largest absolute Gasteiger partial charge is 0.490 e. The first kappa shape index (κ1) is 23.4. The fraction of sp³-hybridized carbons (Fsp3) is 0.526. The van der Waals surface area contributed by atoms with Crippen molar-refractivity contribution < 1.29 is 32.4 Å². The molecular weight excluding hydrogens is 433 g/mol. The third kappa shape index (κ3) is 5.72. The SMILES string of the molecule is CN1CCN(c2ncnc3c2CCN(C(=O)c2ccno2)CC3)CC1.O=C(O)C(F)(F)F. The predicted molar refractivity (Wildman–Crippen MR) is 105 cm³/mol. The quantitative estimate of drug-likeness (QED) is 0.709. The Morgan fingerprint density at radius 1 is 1.06 bits per heavy atom. The maximum atomic E-state index is 12.5. The molecule has 1 N–H and O–H groups in total. The summed E-state index contributed by atoms with van der Waals surface area (Å²) < 4.78 is 36.7. The van der Waals surface area contributed by atoms with Crippen LogP contribution in [0, 0.1) is 0 Å². The van der Waals surface area contributed by atoms with Gasteiger partial charge in [0, 0.05) is 57.3 Å². The van der Waals surface area contributed by atoms with Crippen molar-refractivity contribution in [2.75, 3.05) is 51.2 Å². The lowest BCUT2D eigenvalue weighted by Crippen LogP contribution is -2.45. The molecule has 174 valence electrons. The molecule has 1 amide bonds. The molecule has 4 rings (SSSR count). The number of nitrogens with zero attached hydrogens (tertiary/aromatic N) is 6. The molecular formula is C19H23F3N6O4. The van der Waals surface area contributed by atoms with Gasteiger partial charge in [0.2, 0.25) is 5.76 Å². The second-order valence-electron chi connectivity index (χ2n) is 7.38. The second-order valence-corrected chi connectivity index (χ2v) is 7.38. The molecule has 2 aromatic heterocycles. The van der Waals surface area contributed by atoms with Crippen molar-refractivity contribution in [2.24, 2.45) is 0 Å². The van der Waals surface area contributed by atoms with Gasteiger partial charge in [-0.05, 0) is 13.5 Å². The highest BCUT2D eigenvalue weighted by Crippen LogP contribution is 2.25. The Bertz CT molecular complexity index is 930. The molecule has 0 aliphatic carbocycles. The van der Waals surface area contributed by atoms with Gasteiger partial charge in [-0.15, -0.1) is 0 Å². The van der Waals surface area contributed by atoms with Gasteiger partial charge in [-0.25, -0.2) is 14.8 Å². The van der Waals surface area contributed by atoms with Crippen LogP contribution in [-0.4, -0.2) is 94.4 Å². The van der Waals surface area contributed by atoms with Crippen LogP contribution in [0.25, 0.3) is 0 Å². The molecule has 4 heterocycles. The Hall–Kier alpha value is -3.22. The van der Waals surface area contributed by atoms with Gasteiger partial charge in [0.15, 0.2) is 0 Å². The normalized spacial score (nSPS) is 17.1. The molecule has 0 radical (unpaired) electrons. The summed E-state index contributed by atoms with van der Waals surface area (Å²) in [5.74, 6) is -1.55. The van der Waals surface area contributed by atoms with Crippen LogP contribution in [0.3, 0.4) is 0 Å². The van der Waals surface area contributed by atoms with Crippen molar-refractivity contribution in [1.29, 1.82) is 0 Å². The molecule has 0 aromatic carbocycles. The number of likely N-dealkylation sites (N-methyl/N-ethyl adjacent to an activating group) is 1. The number of rotatable bonds is 2. The van der Waals surface area contributed by atoms with Gasteiger partial charge >= 0.3 is 12.1 Å². The number of carboxylic acid groups (broad SMARTS) is 1. The van der Waals surface area contributed by atoms with E-state index in [0.29, 0.717) is 13.1 Å². The van der Waals surface area contributed by atoms with Crippen LogP contribution in [0.4, 0.5) is 19.0 Å². The van der Waals surface area contributed by atoms with Crippen LogP contribution in [-0.2, 0) is 17.6 Å². The number of hydrogen-bond donors (Lipinski definition) is 1. The van der Waals surface area contributed by atoms with Crippen molar-refractivity contribution >= 4 is 17.7 Å². The molecule has 0 bridgehead atoms. The number of hydrogen-bond acceptors (Lipinski definition) is 8. The number of aromatic nitrogens is 3. The van der Waals surface area contributed by atoms with E-state index < -0.39 is 12.1 Å². The minimum atomic E-state index is -5.08. The first-order chi connectivity index (χ1) is 15.2. The Balaban J connectivity index is 0.000000360. The third-order valence-electron chi connectivity index (χ3n) is 5.24. The molecule has 2 aliphatic rings. The van der Waals surface area contributed by atoms with E-state index in [1.54, 1.807) is 12.4 Å². The lowest BCUT2D eigenvalue weighted by Gasteiger charge is -2.34. The van der Waals surface area contributed by atoms with E-state index in [4.69, 9.17) is 14.4 Å². The molecule has 10 nitrogen and oxygen atoms in total. The number of fused-ring (bicyclic) bond motifs is 1. The average molecular weight is 456 g/mol. The van der Waals surface area contributed by atoms with E-state index in [0.717, 1.165) is 50.5 Å². The summed E-state index contributed by atoms with van der Waals surface area (Å²) in [6, 6.07) is 1.61. The van der Waals surface area contributed by atoms with E-state index in [1.165, 1.54) is 11.8 Å². The zero-order chi connectivity index (χ0) is 23.3. The summed E-state index contributed by atoms with van der Waals surface area (Å²) >= 11 is 0. The summed E-state index contributed by atoms with van der Waals surface area (Å²) in [6.45, 7) is 5.29. The predicted octanol–water partition coefficient (Wildman–Crippen LogP) is 1.09. The lowest BCUT2D eigenvalue weighted by molar-refractivity contribution is -0.192. The third-order valence-corrected chi connectivity index (χ3v) is 5.24. The highest BCUT2D eigenvalue weighted by atomic mass is 19.4. The van der Waals surface area contributed by atoms with Gasteiger partial charge in [-0.1, -0.05) is 5.16 Å². The van der Waals surface area contributed by atoms with Gasteiger partial charge in [-0.3, -0.25) is 4.79 Å². The minimum Gasteiger partial charge on any atom is -0.475 e. The maximum absolute atomic E-state index is 12.5. The Morgan fingerprint density at radius 2 is 1.72 bits per heavy atom. The monoisotopic (exact) mass is 456 g/mol. The molecule has 0 atom stereocenters. The molecule has 32 heavy (non-hydrogen) atoms. The van der Waals surface area contributed by atoms with Crippen LogP contribution < -0.4 is 4.90 Å². The molecule has 0 saturated carbocycles. The summed E-state index contributed by atoms with van der Waals surface area (Å²) in [7, 11) is 2.14. The van der Waals surface area contributed by atoms with Gasteiger partial charge in [-0.2, -0.15) is 13.2 Å². The van der Waals surface area contributed by atoms with Crippen molar-refractivity contribution in [3.8, 4) is 0 Å². The average Bonchev–Trinajstić information content (AvgIpc) is 3.20. The van der Waals surface area contributed by atoms with E-state index in [9.17, 15) is 18.0 Å². The van der Waals surface area contributed by atoms with Crippen LogP contribution in [0.1, 0.15) is 21.8 Å². The first-order valence-corrected chi connectivity index (χ1v) is 9.93. The highest BCUT2D eigenvalue weighted by Gasteiger charge is 2.38. The summed E-state index contributed by atoms with van der Waals surface area (Å²) in [5.41, 5.74) is 2.23. The van der Waals surface area contributed by atoms with E-state index >= 15 is 0 Å². The Morgan fingerprint density at radius 3 is 2.31 bits per heavy atom. The van der Waals surface area contributed by atoms with E-state index in [2.05, 4.69) is 32.0 Å². The van der Waals surface area contributed by atoms with Crippen LogP contribution >= 0.6 is 0 Å². The molecule has 2 aliphatic heterocycles. The number of anilines is 1. The number of amides is 1. The summed E-state index contributed by atoms with van der Waals surface area (Å²) in [4.78, 5) is 37.0. The van der Waals surface area contributed by atoms with Gasteiger partial charge in [0.05, 0.1) is 11.9 Å². The summed E-state index contributed by atoms with van der Waals surface area (Å²) in [6.07, 6.45) is -0.437. The van der Waals surface area contributed by atoms with Gasteiger partial charge in [0.1, 0.15) is 12.1 Å². The molecule has 13 heteroatoms. The Kier molecular flexibility index (Phi) is 7.28. The maximum Gasteiger partial charge on any atom is 0.490 e. The van der Waals surface area contributed by atoms with Crippen molar-refractivity contribution in [1.82, 2.24) is 24.9 Å². The van der Waals surface area contributed by atoms with Crippen molar-refractivity contribution in [2.45, 2.75) is 19.0 Å². The number of halogens is 3.